The van der Waals surface area contributed by atoms with Crippen LogP contribution in [-0.2, 0) is 0 Å². The first-order valence-electron chi connectivity index (χ1n) is 5.94. The van der Waals surface area contributed by atoms with E-state index < -0.39 is 0 Å². The monoisotopic (exact) mass is 250 g/mol. The van der Waals surface area contributed by atoms with Gasteiger partial charge in [0.2, 0.25) is 0 Å². The fourth-order valence-electron chi connectivity index (χ4n) is 2.16. The first-order valence-corrected chi connectivity index (χ1v) is 7.69. The number of hydrogen-bond donors (Lipinski definition) is 0. The van der Waals surface area contributed by atoms with Crippen molar-refractivity contribution in [2.75, 3.05) is 13.1 Å². The molecule has 3 rings (SSSR count). The van der Waals surface area contributed by atoms with Gasteiger partial charge in [0.1, 0.15) is 13.1 Å². The minimum Gasteiger partial charge on any atom is -0.219 e. The van der Waals surface area contributed by atoms with E-state index in [1.165, 1.54) is 37.9 Å². The molecule has 84 valence electrons. The van der Waals surface area contributed by atoms with E-state index in [1.807, 2.05) is 23.5 Å². The Bertz CT molecular complexity index is 384. The normalized spacial score (nSPS) is 25.4. The summed E-state index contributed by atoms with van der Waals surface area (Å²) in [5.74, 6) is 0. The molecule has 2 saturated heterocycles. The quantitative estimate of drug-likeness (QED) is 0.699. The Kier molecular flexibility index (Phi) is 3.25. The van der Waals surface area contributed by atoms with Gasteiger partial charge in [0.05, 0.1) is 4.58 Å². The van der Waals surface area contributed by atoms with Gasteiger partial charge in [-0.1, -0.05) is 30.3 Å². The van der Waals surface area contributed by atoms with Gasteiger partial charge < -0.3 is 0 Å². The van der Waals surface area contributed by atoms with E-state index in [0.29, 0.717) is 4.58 Å². The van der Waals surface area contributed by atoms with E-state index in [1.54, 1.807) is 4.38 Å². The van der Waals surface area contributed by atoms with Gasteiger partial charge in [-0.2, -0.15) is 0 Å². The third kappa shape index (κ3) is 2.16. The van der Waals surface area contributed by atoms with Crippen molar-refractivity contribution >= 4 is 27.9 Å². The maximum Gasteiger partial charge on any atom is 0.272 e. The molecule has 1 aromatic rings. The van der Waals surface area contributed by atoms with Crippen molar-refractivity contribution in [2.24, 2.45) is 0 Å². The highest BCUT2D eigenvalue weighted by Crippen LogP contribution is 2.53. The molecule has 0 spiro atoms. The van der Waals surface area contributed by atoms with Crippen molar-refractivity contribution in [1.29, 1.82) is 0 Å². The molecule has 2 heterocycles. The van der Waals surface area contributed by atoms with Crippen molar-refractivity contribution in [3.8, 4) is 0 Å². The smallest absolute Gasteiger partial charge is 0.219 e. The summed E-state index contributed by atoms with van der Waals surface area (Å²) in [5.41, 5.74) is 1.46. The van der Waals surface area contributed by atoms with E-state index in [0.717, 1.165) is 0 Å². The lowest BCUT2D eigenvalue weighted by Gasteiger charge is -2.26. The van der Waals surface area contributed by atoms with Crippen molar-refractivity contribution in [2.45, 2.75) is 23.8 Å². The van der Waals surface area contributed by atoms with E-state index >= 15 is 0 Å². The summed E-state index contributed by atoms with van der Waals surface area (Å²) in [7, 11) is 0. The Morgan fingerprint density at radius 3 is 2.31 bits per heavy atom. The van der Waals surface area contributed by atoms with E-state index in [9.17, 15) is 0 Å². The molecule has 0 amide bonds. The zero-order valence-corrected chi connectivity index (χ0v) is 10.9. The van der Waals surface area contributed by atoms with Crippen molar-refractivity contribution in [3.63, 3.8) is 0 Å². The van der Waals surface area contributed by atoms with Gasteiger partial charge in [-0.15, -0.1) is 0 Å². The summed E-state index contributed by atoms with van der Waals surface area (Å²) in [6, 6.07) is 10.8. The Labute approximate surface area is 105 Å². The lowest BCUT2D eigenvalue weighted by molar-refractivity contribution is -0.532. The Morgan fingerprint density at radius 1 is 0.938 bits per heavy atom. The Balaban J connectivity index is 1.66. The van der Waals surface area contributed by atoms with Crippen LogP contribution in [0.25, 0.3) is 0 Å². The summed E-state index contributed by atoms with van der Waals surface area (Å²) in [4.78, 5) is 0. The topological polar surface area (TPSA) is 3.01 Å². The van der Waals surface area contributed by atoms with Gasteiger partial charge in [0.15, 0.2) is 0 Å². The first-order chi connectivity index (χ1) is 7.93. The molecule has 0 saturated carbocycles. The third-order valence-electron chi connectivity index (χ3n) is 3.10. The second-order valence-corrected chi connectivity index (χ2v) is 7.04. The largest absolute Gasteiger partial charge is 0.272 e. The van der Waals surface area contributed by atoms with E-state index in [2.05, 4.69) is 34.9 Å². The molecule has 0 N–H and O–H groups in total. The van der Waals surface area contributed by atoms with Crippen molar-refractivity contribution in [3.05, 3.63) is 35.9 Å². The van der Waals surface area contributed by atoms with Crippen LogP contribution in [0.5, 0.6) is 0 Å². The van der Waals surface area contributed by atoms with Crippen LogP contribution >= 0.6 is 23.5 Å². The Morgan fingerprint density at radius 2 is 1.62 bits per heavy atom. The van der Waals surface area contributed by atoms with E-state index in [4.69, 9.17) is 0 Å². The predicted molar refractivity (Wildman–Crippen MR) is 73.2 cm³/mol. The summed E-state index contributed by atoms with van der Waals surface area (Å²) in [6.45, 7) is 2.55. The maximum atomic E-state index is 2.57. The average molecular weight is 250 g/mol. The number of benzene rings is 1. The molecule has 16 heavy (non-hydrogen) atoms. The van der Waals surface area contributed by atoms with Crippen LogP contribution in [-0.4, -0.2) is 22.0 Å². The minimum absolute atomic E-state index is 0.637. The molecule has 1 nitrogen and oxygen atoms in total. The molecule has 0 aromatic heterocycles. The van der Waals surface area contributed by atoms with Crippen LogP contribution in [0, 0.1) is 0 Å². The second-order valence-electron chi connectivity index (χ2n) is 4.29. The minimum atomic E-state index is 0.637. The standard InChI is InChI=1S/C13H16NS2/c1-3-7-11(8-4-1)12-15-13(16-12)14-9-5-2-6-10-14/h1,3-4,7-8,12H,2,5-6,9-10H2/q+1. The van der Waals surface area contributed by atoms with Crippen LogP contribution in [0.2, 0.25) is 0 Å². The molecule has 2 aliphatic rings. The Hall–Kier alpha value is -0.410. The molecular weight excluding hydrogens is 234 g/mol. The highest BCUT2D eigenvalue weighted by atomic mass is 32.3. The number of nitrogens with zero attached hydrogens (tertiary/aromatic N) is 1. The predicted octanol–water partition coefficient (Wildman–Crippen LogP) is 3.72. The molecule has 0 atom stereocenters. The molecule has 0 aliphatic carbocycles. The van der Waals surface area contributed by atoms with Gasteiger partial charge >= 0.3 is 0 Å². The number of rotatable bonds is 1. The first kappa shape index (κ1) is 10.7. The fraction of sp³-hybridized carbons (Fsp3) is 0.462. The molecule has 0 radical (unpaired) electrons. The summed E-state index contributed by atoms with van der Waals surface area (Å²) in [5, 5.41) is 0. The summed E-state index contributed by atoms with van der Waals surface area (Å²) < 4.78 is 4.75. The lowest BCUT2D eigenvalue weighted by atomic mass is 10.2. The zero-order valence-electron chi connectivity index (χ0n) is 9.26. The molecule has 0 unspecified atom stereocenters. The number of hydrogen-bond acceptors (Lipinski definition) is 2. The highest BCUT2D eigenvalue weighted by Gasteiger charge is 2.36. The van der Waals surface area contributed by atoms with Crippen LogP contribution < -0.4 is 0 Å². The molecule has 1 aromatic carbocycles. The van der Waals surface area contributed by atoms with Crippen LogP contribution in [0.3, 0.4) is 0 Å². The molecule has 0 bridgehead atoms. The van der Waals surface area contributed by atoms with Crippen LogP contribution in [0.4, 0.5) is 0 Å². The van der Waals surface area contributed by atoms with Gasteiger partial charge in [-0.3, -0.25) is 0 Å². The van der Waals surface area contributed by atoms with Gasteiger partial charge in [-0.05, 0) is 35.5 Å². The maximum absolute atomic E-state index is 2.57. The SMILES string of the molecule is c1ccc(C2SC(=[N+]3CCCCC3)S2)cc1. The van der Waals surface area contributed by atoms with Crippen molar-refractivity contribution in [1.82, 2.24) is 0 Å². The zero-order chi connectivity index (χ0) is 10.8. The lowest BCUT2D eigenvalue weighted by Crippen LogP contribution is -2.27. The third-order valence-corrected chi connectivity index (χ3v) is 6.15. The van der Waals surface area contributed by atoms with E-state index in [-0.39, 0.29) is 0 Å². The van der Waals surface area contributed by atoms with Crippen LogP contribution in [0.15, 0.2) is 30.3 Å². The highest BCUT2D eigenvalue weighted by molar-refractivity contribution is 8.52. The molecule has 2 aliphatic heterocycles. The summed E-state index contributed by atoms with van der Waals surface area (Å²) in [6.07, 6.45) is 4.17. The van der Waals surface area contributed by atoms with Crippen LogP contribution in [0.1, 0.15) is 29.4 Å². The second kappa shape index (κ2) is 4.84. The average Bonchev–Trinajstić information content (AvgIpc) is 2.30. The fourth-order valence-corrected chi connectivity index (χ4v) is 4.63. The molecule has 3 heteroatoms. The number of piperidine rings is 1. The van der Waals surface area contributed by atoms with Crippen molar-refractivity contribution < 1.29 is 4.58 Å². The van der Waals surface area contributed by atoms with Gasteiger partial charge in [0, 0.05) is 12.8 Å². The number of thioether (sulfide) groups is 2. The summed E-state index contributed by atoms with van der Waals surface area (Å²) >= 11 is 4.08. The molecular formula is C13H16NS2+. The molecule has 2 fully saturated rings. The van der Waals surface area contributed by atoms with Gasteiger partial charge in [0.25, 0.3) is 4.38 Å². The van der Waals surface area contributed by atoms with Gasteiger partial charge in [-0.25, -0.2) is 4.58 Å².